The van der Waals surface area contributed by atoms with Gasteiger partial charge in [0.25, 0.3) is 5.91 Å². The molecule has 1 saturated heterocycles. The number of nitrogens with one attached hydrogen (secondary N) is 1. The predicted molar refractivity (Wildman–Crippen MR) is 76.9 cm³/mol. The lowest BCUT2D eigenvalue weighted by Crippen LogP contribution is -2.17. The van der Waals surface area contributed by atoms with Crippen LogP contribution in [0.15, 0.2) is 41.3 Å². The number of thioether (sulfide) groups is 1. The molecule has 0 unspecified atom stereocenters. The van der Waals surface area contributed by atoms with Gasteiger partial charge in [-0.15, -0.1) is 0 Å². The van der Waals surface area contributed by atoms with E-state index in [0.717, 1.165) is 5.56 Å². The maximum Gasteiger partial charge on any atom is 0.263 e. The lowest BCUT2D eigenvalue weighted by molar-refractivity contribution is -0.115. The van der Waals surface area contributed by atoms with Gasteiger partial charge in [0.2, 0.25) is 0 Å². The van der Waals surface area contributed by atoms with E-state index in [-0.39, 0.29) is 5.91 Å². The number of hydrogen-bond donors (Lipinski definition) is 1. The van der Waals surface area contributed by atoms with E-state index in [1.54, 1.807) is 12.2 Å². The van der Waals surface area contributed by atoms with Crippen molar-refractivity contribution in [3.05, 3.63) is 51.9 Å². The van der Waals surface area contributed by atoms with Crippen LogP contribution < -0.4 is 5.32 Å². The van der Waals surface area contributed by atoms with Crippen molar-refractivity contribution in [3.8, 4) is 0 Å². The number of carbonyl (C=O) groups is 1. The fourth-order valence-corrected chi connectivity index (χ4v) is 2.48. The Balaban J connectivity index is 2.13. The molecule has 1 aliphatic rings. The molecule has 0 aromatic heterocycles. The summed E-state index contributed by atoms with van der Waals surface area (Å²) in [6, 6.07) is 7.51. The second kappa shape index (κ2) is 5.49. The molecule has 1 heterocycles. The largest absolute Gasteiger partial charge is 0.307 e. The Hall–Kier alpha value is -1.10. The molecule has 1 aromatic carbocycles. The van der Waals surface area contributed by atoms with Crippen LogP contribution in [0.3, 0.4) is 0 Å². The van der Waals surface area contributed by atoms with Gasteiger partial charge >= 0.3 is 0 Å². The van der Waals surface area contributed by atoms with Gasteiger partial charge in [-0.3, -0.25) is 4.79 Å². The van der Waals surface area contributed by atoms with Crippen LogP contribution >= 0.6 is 35.6 Å². The Morgan fingerprint density at radius 3 is 2.76 bits per heavy atom. The van der Waals surface area contributed by atoms with Crippen molar-refractivity contribution in [2.24, 2.45) is 0 Å². The van der Waals surface area contributed by atoms with Gasteiger partial charge in [-0.1, -0.05) is 65.9 Å². The molecule has 0 radical (unpaired) electrons. The Labute approximate surface area is 114 Å². The second-order valence-electron chi connectivity index (χ2n) is 3.26. The molecular formula is C12H8ClNOS2. The first kappa shape index (κ1) is 12.4. The van der Waals surface area contributed by atoms with Crippen LogP contribution in [-0.2, 0) is 4.79 Å². The maximum atomic E-state index is 11.3. The molecule has 1 N–H and O–H groups in total. The Morgan fingerprint density at radius 1 is 1.35 bits per heavy atom. The summed E-state index contributed by atoms with van der Waals surface area (Å²) in [6.45, 7) is 0. The molecule has 0 bridgehead atoms. The van der Waals surface area contributed by atoms with Gasteiger partial charge < -0.3 is 5.32 Å². The highest BCUT2D eigenvalue weighted by Gasteiger charge is 2.20. The first-order chi connectivity index (χ1) is 8.16. The summed E-state index contributed by atoms with van der Waals surface area (Å²) in [6.07, 6.45) is 5.37. The van der Waals surface area contributed by atoms with Gasteiger partial charge in [-0.2, -0.15) is 0 Å². The molecule has 86 valence electrons. The third kappa shape index (κ3) is 3.19. The van der Waals surface area contributed by atoms with Gasteiger partial charge in [0.05, 0.1) is 4.91 Å². The lowest BCUT2D eigenvalue weighted by Gasteiger charge is -1.95. The lowest BCUT2D eigenvalue weighted by atomic mass is 10.2. The fraction of sp³-hybridized carbons (Fsp3) is 0. The number of benzene rings is 1. The van der Waals surface area contributed by atoms with Crippen molar-refractivity contribution < 1.29 is 4.79 Å². The highest BCUT2D eigenvalue weighted by Crippen LogP contribution is 2.23. The van der Waals surface area contributed by atoms with Gasteiger partial charge in [0.15, 0.2) is 0 Å². The zero-order valence-electron chi connectivity index (χ0n) is 8.64. The molecule has 0 saturated carbocycles. The summed E-state index contributed by atoms with van der Waals surface area (Å²) in [5, 5.41) is 3.24. The fourth-order valence-electron chi connectivity index (χ4n) is 1.29. The molecule has 0 aliphatic carbocycles. The topological polar surface area (TPSA) is 29.1 Å². The van der Waals surface area contributed by atoms with Crippen molar-refractivity contribution in [2.75, 3.05) is 0 Å². The maximum absolute atomic E-state index is 11.3. The van der Waals surface area contributed by atoms with Gasteiger partial charge in [-0.25, -0.2) is 0 Å². The monoisotopic (exact) mass is 281 g/mol. The first-order valence-corrected chi connectivity index (χ1v) is 6.43. The molecule has 2 rings (SSSR count). The van der Waals surface area contributed by atoms with E-state index in [1.807, 2.05) is 30.3 Å². The summed E-state index contributed by atoms with van der Waals surface area (Å²) >= 11 is 12.1. The first-order valence-electron chi connectivity index (χ1n) is 4.83. The highest BCUT2D eigenvalue weighted by molar-refractivity contribution is 8.26. The molecular weight excluding hydrogens is 274 g/mol. The molecule has 5 heteroatoms. The van der Waals surface area contributed by atoms with Crippen molar-refractivity contribution in [3.63, 3.8) is 0 Å². The number of rotatable bonds is 2. The van der Waals surface area contributed by atoms with Crippen LogP contribution in [0.25, 0.3) is 6.08 Å². The molecule has 1 aromatic rings. The number of hydrogen-bond acceptors (Lipinski definition) is 3. The van der Waals surface area contributed by atoms with Crippen LogP contribution in [-0.4, -0.2) is 10.2 Å². The minimum atomic E-state index is -0.149. The van der Waals surface area contributed by atoms with Gasteiger partial charge in [0.1, 0.15) is 4.32 Å². The Bertz CT molecular complexity index is 537. The molecule has 2 nitrogen and oxygen atoms in total. The van der Waals surface area contributed by atoms with E-state index in [1.165, 1.54) is 11.8 Å². The second-order valence-corrected chi connectivity index (χ2v) is 5.38. The molecule has 1 aliphatic heterocycles. The van der Waals surface area contributed by atoms with Crippen LogP contribution in [0.1, 0.15) is 5.56 Å². The minimum Gasteiger partial charge on any atom is -0.307 e. The zero-order chi connectivity index (χ0) is 12.3. The Morgan fingerprint density at radius 2 is 2.12 bits per heavy atom. The normalized spacial score (nSPS) is 18.1. The van der Waals surface area contributed by atoms with Crippen molar-refractivity contribution in [1.82, 2.24) is 5.32 Å². The summed E-state index contributed by atoms with van der Waals surface area (Å²) in [5.41, 5.74) is 0.914. The van der Waals surface area contributed by atoms with Gasteiger partial charge in [-0.05, 0) is 17.7 Å². The zero-order valence-corrected chi connectivity index (χ0v) is 11.0. The van der Waals surface area contributed by atoms with Crippen LogP contribution in [0, 0.1) is 0 Å². The third-order valence-corrected chi connectivity index (χ3v) is 3.60. The van der Waals surface area contributed by atoms with Crippen LogP contribution in [0.5, 0.6) is 0 Å². The van der Waals surface area contributed by atoms with Gasteiger partial charge in [0, 0.05) is 5.02 Å². The summed E-state index contributed by atoms with van der Waals surface area (Å²) < 4.78 is 0.493. The molecule has 1 fully saturated rings. The molecule has 17 heavy (non-hydrogen) atoms. The van der Waals surface area contributed by atoms with Crippen molar-refractivity contribution >= 4 is 51.9 Å². The van der Waals surface area contributed by atoms with E-state index in [2.05, 4.69) is 5.32 Å². The quantitative estimate of drug-likeness (QED) is 0.666. The standard InChI is InChI=1S/C12H8ClNOS2/c13-9-6-2-1-4-8(9)5-3-7-10-11(15)14-12(16)17-10/h1-7H,(H,14,15,16)/b5-3+,10-7+. The SMILES string of the molecule is O=C1NC(=S)S/C1=C/C=C/c1ccccc1Cl. The van der Waals surface area contributed by atoms with E-state index in [9.17, 15) is 4.79 Å². The summed E-state index contributed by atoms with van der Waals surface area (Å²) in [7, 11) is 0. The smallest absolute Gasteiger partial charge is 0.263 e. The summed E-state index contributed by atoms with van der Waals surface area (Å²) in [4.78, 5) is 11.9. The van der Waals surface area contributed by atoms with Crippen LogP contribution in [0.4, 0.5) is 0 Å². The summed E-state index contributed by atoms with van der Waals surface area (Å²) in [5.74, 6) is -0.149. The van der Waals surface area contributed by atoms with Crippen molar-refractivity contribution in [2.45, 2.75) is 0 Å². The number of allylic oxidation sites excluding steroid dienone is 2. The third-order valence-electron chi connectivity index (χ3n) is 2.07. The number of halogens is 1. The highest BCUT2D eigenvalue weighted by atomic mass is 35.5. The predicted octanol–water partition coefficient (Wildman–Crippen LogP) is 3.39. The van der Waals surface area contributed by atoms with E-state index in [0.29, 0.717) is 14.2 Å². The molecule has 1 amide bonds. The molecule has 0 spiro atoms. The van der Waals surface area contributed by atoms with E-state index < -0.39 is 0 Å². The average Bonchev–Trinajstić information content (AvgIpc) is 2.60. The van der Waals surface area contributed by atoms with E-state index in [4.69, 9.17) is 23.8 Å². The minimum absolute atomic E-state index is 0.149. The van der Waals surface area contributed by atoms with Crippen molar-refractivity contribution in [1.29, 1.82) is 0 Å². The number of carbonyl (C=O) groups excluding carboxylic acids is 1. The number of thiocarbonyl (C=S) groups is 1. The van der Waals surface area contributed by atoms with E-state index >= 15 is 0 Å². The van der Waals surface area contributed by atoms with Crippen LogP contribution in [0.2, 0.25) is 5.02 Å². The Kier molecular flexibility index (Phi) is 3.99. The molecule has 0 atom stereocenters. The number of amides is 1. The average molecular weight is 282 g/mol.